The van der Waals surface area contributed by atoms with Gasteiger partial charge in [-0.25, -0.2) is 9.45 Å². The summed E-state index contributed by atoms with van der Waals surface area (Å²) in [5, 5.41) is 5.61. The van der Waals surface area contributed by atoms with Crippen LogP contribution in [0.3, 0.4) is 0 Å². The van der Waals surface area contributed by atoms with E-state index in [2.05, 4.69) is 20.0 Å². The van der Waals surface area contributed by atoms with E-state index >= 15 is 4.39 Å². The second kappa shape index (κ2) is 7.59. The number of fused-ring (bicyclic) bond motifs is 5. The van der Waals surface area contributed by atoms with Gasteiger partial charge in [-0.3, -0.25) is 19.6 Å². The van der Waals surface area contributed by atoms with Crippen LogP contribution < -0.4 is 4.90 Å². The Bertz CT molecular complexity index is 1160. The highest BCUT2D eigenvalue weighted by Crippen LogP contribution is 2.47. The maximum Gasteiger partial charge on any atom is 0.300 e. The molecule has 6 rings (SSSR count). The molecule has 3 atom stereocenters. The predicted octanol–water partition coefficient (Wildman–Crippen LogP) is 2.77. The minimum atomic E-state index is -0.526. The Morgan fingerprint density at radius 3 is 2.82 bits per heavy atom. The van der Waals surface area contributed by atoms with Crippen LogP contribution in [0.2, 0.25) is 0 Å². The topological polar surface area (TPSA) is 92.8 Å². The van der Waals surface area contributed by atoms with Crippen LogP contribution in [0, 0.1) is 11.2 Å². The third-order valence-electron chi connectivity index (χ3n) is 7.03. The zero-order valence-corrected chi connectivity index (χ0v) is 18.7. The van der Waals surface area contributed by atoms with Crippen LogP contribution in [0.1, 0.15) is 42.7 Å². The minimum Gasteiger partial charge on any atom is -0.372 e. The average Bonchev–Trinajstić information content (AvgIpc) is 3.23. The van der Waals surface area contributed by atoms with Gasteiger partial charge in [-0.2, -0.15) is 0 Å². The van der Waals surface area contributed by atoms with Crippen LogP contribution in [-0.4, -0.2) is 73.2 Å². The Morgan fingerprint density at radius 1 is 1.24 bits per heavy atom. The van der Waals surface area contributed by atoms with Crippen LogP contribution in [0.4, 0.5) is 10.1 Å². The monoisotopic (exact) mass is 455 g/mol. The lowest BCUT2D eigenvalue weighted by molar-refractivity contribution is -0.144. The van der Waals surface area contributed by atoms with E-state index < -0.39 is 17.1 Å². The van der Waals surface area contributed by atoms with E-state index in [4.69, 9.17) is 14.1 Å². The van der Waals surface area contributed by atoms with Crippen LogP contribution in [0.25, 0.3) is 11.0 Å². The summed E-state index contributed by atoms with van der Waals surface area (Å²) in [6.07, 6.45) is 5.87. The van der Waals surface area contributed by atoms with Gasteiger partial charge in [0.1, 0.15) is 6.67 Å². The number of carbonyl (C=O) groups excluding carboxylic acids is 1. The number of hydrogen-bond acceptors (Lipinski definition) is 8. The summed E-state index contributed by atoms with van der Waals surface area (Å²) in [6, 6.07) is 1.67. The van der Waals surface area contributed by atoms with Gasteiger partial charge in [0.15, 0.2) is 11.5 Å². The Morgan fingerprint density at radius 2 is 2.06 bits per heavy atom. The van der Waals surface area contributed by atoms with Crippen molar-refractivity contribution in [3.05, 3.63) is 23.1 Å². The first-order valence-electron chi connectivity index (χ1n) is 11.5. The molecule has 2 fully saturated rings. The van der Waals surface area contributed by atoms with Crippen molar-refractivity contribution in [2.24, 2.45) is 15.4 Å². The number of rotatable bonds is 1. The van der Waals surface area contributed by atoms with Crippen molar-refractivity contribution in [1.29, 1.82) is 0 Å². The molecule has 4 aliphatic rings. The second-order valence-corrected chi connectivity index (χ2v) is 9.36. The first kappa shape index (κ1) is 20.7. The normalized spacial score (nSPS) is 28.3. The molecule has 4 aliphatic heterocycles. The SMILES string of the molecule is C[C@@H]1CN2c3c(cc4c(C(=O)N5CCCCO5)noc4c3F)CC3(C=NCN=C3)[C@H]2[C@H](C)O1. The van der Waals surface area contributed by atoms with Crippen LogP contribution in [-0.2, 0) is 16.0 Å². The summed E-state index contributed by atoms with van der Waals surface area (Å²) in [5.41, 5.74) is 0.787. The molecule has 0 bridgehead atoms. The van der Waals surface area contributed by atoms with Crippen LogP contribution >= 0.6 is 0 Å². The maximum absolute atomic E-state index is 16.0. The molecular weight excluding hydrogens is 429 g/mol. The number of benzene rings is 1. The Labute approximate surface area is 190 Å². The predicted molar refractivity (Wildman–Crippen MR) is 119 cm³/mol. The van der Waals surface area contributed by atoms with Crippen molar-refractivity contribution in [3.63, 3.8) is 0 Å². The molecule has 0 N–H and O–H groups in total. The van der Waals surface area contributed by atoms with Gasteiger partial charge in [-0.15, -0.1) is 0 Å². The first-order chi connectivity index (χ1) is 16.0. The van der Waals surface area contributed by atoms with E-state index in [0.717, 1.165) is 18.4 Å². The van der Waals surface area contributed by atoms with E-state index in [0.29, 0.717) is 43.9 Å². The lowest BCUT2D eigenvalue weighted by Gasteiger charge is -2.54. The highest BCUT2D eigenvalue weighted by atomic mass is 19.1. The van der Waals surface area contributed by atoms with E-state index in [9.17, 15) is 4.79 Å². The number of amides is 1. The fourth-order valence-corrected chi connectivity index (χ4v) is 5.82. The van der Waals surface area contributed by atoms with Gasteiger partial charge in [0.2, 0.25) is 5.58 Å². The zero-order chi connectivity index (χ0) is 22.7. The number of hydroxylamine groups is 2. The Kier molecular flexibility index (Phi) is 4.77. The summed E-state index contributed by atoms with van der Waals surface area (Å²) in [4.78, 5) is 29.5. The Hall–Kier alpha value is -2.85. The molecule has 0 saturated carbocycles. The molecular formula is C23H26FN5O4. The molecule has 174 valence electrons. The van der Waals surface area contributed by atoms with E-state index in [1.165, 1.54) is 5.06 Å². The lowest BCUT2D eigenvalue weighted by Crippen LogP contribution is -2.65. The second-order valence-electron chi connectivity index (χ2n) is 9.36. The quantitative estimate of drug-likeness (QED) is 0.657. The lowest BCUT2D eigenvalue weighted by atomic mass is 9.69. The van der Waals surface area contributed by atoms with Gasteiger partial charge in [0, 0.05) is 25.5 Å². The molecule has 2 saturated heterocycles. The number of nitrogens with zero attached hydrogens (tertiary/aromatic N) is 5. The highest BCUT2D eigenvalue weighted by Gasteiger charge is 2.52. The van der Waals surface area contributed by atoms with Crippen LogP contribution in [0.5, 0.6) is 0 Å². The fraction of sp³-hybridized carbons (Fsp3) is 0.565. The molecule has 1 spiro atoms. The van der Waals surface area contributed by atoms with Gasteiger partial charge in [0.25, 0.3) is 5.91 Å². The van der Waals surface area contributed by atoms with Gasteiger partial charge in [-0.1, -0.05) is 5.16 Å². The number of aliphatic imine (C=N–C) groups is 2. The number of ether oxygens (including phenoxy) is 1. The maximum atomic E-state index is 16.0. The number of aromatic nitrogens is 1. The third kappa shape index (κ3) is 3.11. The molecule has 10 heteroatoms. The smallest absolute Gasteiger partial charge is 0.300 e. The molecule has 1 amide bonds. The third-order valence-corrected chi connectivity index (χ3v) is 7.03. The zero-order valence-electron chi connectivity index (χ0n) is 18.7. The first-order valence-corrected chi connectivity index (χ1v) is 11.5. The summed E-state index contributed by atoms with van der Waals surface area (Å²) in [7, 11) is 0. The van der Waals surface area contributed by atoms with Gasteiger partial charge in [-0.05, 0) is 44.7 Å². The summed E-state index contributed by atoms with van der Waals surface area (Å²) in [6.45, 7) is 5.85. The number of morpholine rings is 1. The number of hydrogen-bond donors (Lipinski definition) is 0. The largest absolute Gasteiger partial charge is 0.372 e. The van der Waals surface area contributed by atoms with E-state index in [-0.39, 0.29) is 29.5 Å². The molecule has 5 heterocycles. The van der Waals surface area contributed by atoms with Crippen molar-refractivity contribution in [2.75, 3.05) is 31.3 Å². The Balaban J connectivity index is 1.50. The van der Waals surface area contributed by atoms with Crippen LogP contribution in [0.15, 0.2) is 20.6 Å². The average molecular weight is 455 g/mol. The number of carbonyl (C=O) groups is 1. The molecule has 33 heavy (non-hydrogen) atoms. The van der Waals surface area contributed by atoms with Gasteiger partial charge < -0.3 is 14.2 Å². The standard InChI is InChI=1S/C23H26FN5O4/c1-13-9-28-19-15(8-23(10-25-12-26-11-23)21(28)14(2)32-13)7-16-18(27-33-20(16)17(19)24)22(30)29-5-3-4-6-31-29/h7,10-11,13-14,21H,3-6,8-9,12H2,1-2H3/t13-,14+,21-/m1/s1. The van der Waals surface area contributed by atoms with E-state index in [1.54, 1.807) is 0 Å². The molecule has 1 aromatic heterocycles. The van der Waals surface area contributed by atoms with Gasteiger partial charge >= 0.3 is 0 Å². The van der Waals surface area contributed by atoms with Crippen molar-refractivity contribution in [2.45, 2.75) is 51.4 Å². The summed E-state index contributed by atoms with van der Waals surface area (Å²) in [5.74, 6) is -0.912. The van der Waals surface area contributed by atoms with Crippen molar-refractivity contribution >= 4 is 35.0 Å². The summed E-state index contributed by atoms with van der Waals surface area (Å²) >= 11 is 0. The molecule has 9 nitrogen and oxygen atoms in total. The summed E-state index contributed by atoms with van der Waals surface area (Å²) < 4.78 is 27.5. The van der Waals surface area contributed by atoms with Gasteiger partial charge in [0.05, 0.1) is 41.3 Å². The molecule has 1 aromatic carbocycles. The number of anilines is 1. The van der Waals surface area contributed by atoms with Crippen molar-refractivity contribution in [1.82, 2.24) is 10.2 Å². The van der Waals surface area contributed by atoms with Crippen molar-refractivity contribution in [3.8, 4) is 0 Å². The molecule has 0 unspecified atom stereocenters. The molecule has 2 aromatic rings. The van der Waals surface area contributed by atoms with Crippen molar-refractivity contribution < 1.29 is 23.3 Å². The van der Waals surface area contributed by atoms with E-state index in [1.807, 2.05) is 32.3 Å². The fourth-order valence-electron chi connectivity index (χ4n) is 5.82. The molecule has 0 radical (unpaired) electrons. The molecule has 0 aliphatic carbocycles. The minimum absolute atomic E-state index is 0.0124. The highest BCUT2D eigenvalue weighted by molar-refractivity contribution is 6.05. The number of halogens is 1.